The third-order valence-electron chi connectivity index (χ3n) is 6.70. The van der Waals surface area contributed by atoms with Crippen LogP contribution in [0.2, 0.25) is 16.6 Å². The minimum absolute atomic E-state index is 0.108. The number of benzene rings is 2. The van der Waals surface area contributed by atoms with Gasteiger partial charge >= 0.3 is 5.97 Å². The van der Waals surface area contributed by atoms with Gasteiger partial charge in [-0.2, -0.15) is 0 Å². The molecule has 0 heterocycles. The number of hydrogen-bond acceptors (Lipinski definition) is 4. The number of ether oxygens (including phenoxy) is 1. The fourth-order valence-corrected chi connectivity index (χ4v) is 10.2. The van der Waals surface area contributed by atoms with Crippen LogP contribution in [0.5, 0.6) is 5.75 Å². The maximum absolute atomic E-state index is 12.6. The van der Waals surface area contributed by atoms with Gasteiger partial charge in [0.05, 0.1) is 12.5 Å². The molecule has 36 heavy (non-hydrogen) atoms. The molecule has 5 heteroatoms. The topological polar surface area (TPSA) is 58.9 Å². The summed E-state index contributed by atoms with van der Waals surface area (Å²) in [7, 11) is -1.82. The SMILES string of the molecule is CC(C)[Si](C#Cc1ccc([C@H](CC(=O)OC(C)(C)C)N=Cc2ccccc2O)cc1)(C(C)C)C(C)C. The van der Waals surface area contributed by atoms with Gasteiger partial charge in [0, 0.05) is 17.3 Å². The number of phenols is 1. The van der Waals surface area contributed by atoms with E-state index < -0.39 is 19.7 Å². The average molecular weight is 506 g/mol. The number of nitrogens with zero attached hydrogens (tertiary/aromatic N) is 1. The summed E-state index contributed by atoms with van der Waals surface area (Å²) >= 11 is 0. The summed E-state index contributed by atoms with van der Waals surface area (Å²) in [6.07, 6.45) is 1.72. The van der Waals surface area contributed by atoms with Gasteiger partial charge in [-0.3, -0.25) is 9.79 Å². The van der Waals surface area contributed by atoms with Crippen LogP contribution in [0.25, 0.3) is 0 Å². The van der Waals surface area contributed by atoms with Crippen molar-refractivity contribution in [3.05, 3.63) is 65.2 Å². The number of carbonyl (C=O) groups is 1. The molecule has 4 nitrogen and oxygen atoms in total. The van der Waals surface area contributed by atoms with Crippen LogP contribution in [0.3, 0.4) is 0 Å². The highest BCUT2D eigenvalue weighted by atomic mass is 28.3. The summed E-state index contributed by atoms with van der Waals surface area (Å²) in [6, 6.07) is 14.6. The monoisotopic (exact) mass is 505 g/mol. The molecule has 0 unspecified atom stereocenters. The smallest absolute Gasteiger partial charge is 0.308 e. The number of hydrogen-bond donors (Lipinski definition) is 1. The zero-order valence-corrected chi connectivity index (χ0v) is 24.4. The second kappa shape index (κ2) is 12.4. The molecule has 0 spiro atoms. The average Bonchev–Trinajstić information content (AvgIpc) is 2.76. The Morgan fingerprint density at radius 1 is 0.972 bits per heavy atom. The number of esters is 1. The molecule has 194 valence electrons. The van der Waals surface area contributed by atoms with Crippen molar-refractivity contribution >= 4 is 20.3 Å². The Morgan fingerprint density at radius 2 is 1.53 bits per heavy atom. The number of para-hydroxylation sites is 1. The second-order valence-electron chi connectivity index (χ2n) is 11.4. The predicted octanol–water partition coefficient (Wildman–Crippen LogP) is 7.85. The molecule has 1 atom stereocenters. The fraction of sp³-hybridized carbons (Fsp3) is 0.484. The van der Waals surface area contributed by atoms with Gasteiger partial charge in [0.25, 0.3) is 0 Å². The Morgan fingerprint density at radius 3 is 2.03 bits per heavy atom. The summed E-state index contributed by atoms with van der Waals surface area (Å²) < 4.78 is 5.55. The molecule has 0 aliphatic rings. The molecule has 1 N–H and O–H groups in total. The van der Waals surface area contributed by atoms with Crippen molar-refractivity contribution in [3.8, 4) is 17.2 Å². The molecule has 0 fully saturated rings. The van der Waals surface area contributed by atoms with Crippen molar-refractivity contribution in [3.63, 3.8) is 0 Å². The minimum atomic E-state index is -1.82. The van der Waals surface area contributed by atoms with Crippen molar-refractivity contribution in [2.45, 2.75) is 97.0 Å². The van der Waals surface area contributed by atoms with Gasteiger partial charge in [-0.05, 0) is 67.2 Å². The normalized spacial score (nSPS) is 13.2. The van der Waals surface area contributed by atoms with Gasteiger partial charge in [-0.15, -0.1) is 5.54 Å². The van der Waals surface area contributed by atoms with Gasteiger partial charge in [0.1, 0.15) is 19.4 Å². The molecule has 0 saturated heterocycles. The van der Waals surface area contributed by atoms with Crippen molar-refractivity contribution in [1.82, 2.24) is 0 Å². The lowest BCUT2D eigenvalue weighted by atomic mass is 10.0. The zero-order valence-electron chi connectivity index (χ0n) is 23.4. The Labute approximate surface area is 219 Å². The Hall–Kier alpha value is -2.84. The molecule has 0 saturated carbocycles. The maximum atomic E-state index is 12.6. The summed E-state index contributed by atoms with van der Waals surface area (Å²) in [4.78, 5) is 17.3. The number of carbonyl (C=O) groups excluding carboxylic acids is 1. The predicted molar refractivity (Wildman–Crippen MR) is 153 cm³/mol. The van der Waals surface area contributed by atoms with Gasteiger partial charge in [0.2, 0.25) is 0 Å². The Bertz CT molecular complexity index is 1080. The van der Waals surface area contributed by atoms with E-state index in [0.717, 1.165) is 11.1 Å². The van der Waals surface area contributed by atoms with Crippen LogP contribution in [0.15, 0.2) is 53.5 Å². The zero-order chi connectivity index (χ0) is 27.1. The molecule has 0 aliphatic heterocycles. The van der Waals surface area contributed by atoms with Crippen LogP contribution in [-0.4, -0.2) is 31.0 Å². The van der Waals surface area contributed by atoms with Crippen molar-refractivity contribution in [2.75, 3.05) is 0 Å². The van der Waals surface area contributed by atoms with Crippen LogP contribution < -0.4 is 0 Å². The van der Waals surface area contributed by atoms with Crippen LogP contribution >= 0.6 is 0 Å². The van der Waals surface area contributed by atoms with Gasteiger partial charge in [-0.1, -0.05) is 71.7 Å². The Kier molecular flexibility index (Phi) is 10.1. The van der Waals surface area contributed by atoms with E-state index in [0.29, 0.717) is 22.2 Å². The molecular formula is C31H43NO3Si. The lowest BCUT2D eigenvalue weighted by Gasteiger charge is -2.38. The summed E-state index contributed by atoms with van der Waals surface area (Å²) in [5.74, 6) is 3.32. The van der Waals surface area contributed by atoms with Crippen LogP contribution in [0, 0.1) is 11.5 Å². The molecule has 0 bridgehead atoms. The first kappa shape index (κ1) is 29.4. The summed E-state index contributed by atoms with van der Waals surface area (Å²) in [5.41, 5.74) is 7.40. The maximum Gasteiger partial charge on any atom is 0.308 e. The standard InChI is InChI=1S/C31H43NO3Si/c1-22(2)36(23(3)4,24(5)6)19-18-25-14-16-26(17-15-25)28(20-30(34)35-31(7,8)9)32-21-27-12-10-11-13-29(27)33/h10-17,21-24,28,33H,20H2,1-9H3/t28-/m0/s1. The van der Waals surface area contributed by atoms with E-state index in [-0.39, 0.29) is 18.1 Å². The van der Waals surface area contributed by atoms with E-state index >= 15 is 0 Å². The van der Waals surface area contributed by atoms with Crippen LogP contribution in [0.4, 0.5) is 0 Å². The van der Waals surface area contributed by atoms with Crippen molar-refractivity contribution < 1.29 is 14.6 Å². The van der Waals surface area contributed by atoms with Crippen LogP contribution in [0.1, 0.15) is 91.5 Å². The lowest BCUT2D eigenvalue weighted by Crippen LogP contribution is -2.43. The van der Waals surface area contributed by atoms with E-state index in [4.69, 9.17) is 4.74 Å². The first-order valence-corrected chi connectivity index (χ1v) is 15.2. The Balaban J connectivity index is 2.38. The summed E-state index contributed by atoms with van der Waals surface area (Å²) in [6.45, 7) is 19.4. The first-order valence-electron chi connectivity index (χ1n) is 12.9. The molecule has 0 amide bonds. The van der Waals surface area contributed by atoms with E-state index in [1.165, 1.54) is 0 Å². The van der Waals surface area contributed by atoms with E-state index in [9.17, 15) is 9.90 Å². The van der Waals surface area contributed by atoms with E-state index in [2.05, 4.69) is 58.0 Å². The number of rotatable bonds is 8. The highest BCUT2D eigenvalue weighted by Crippen LogP contribution is 2.40. The minimum Gasteiger partial charge on any atom is -0.507 e. The highest BCUT2D eigenvalue weighted by molar-refractivity contribution is 6.90. The van der Waals surface area contributed by atoms with Gasteiger partial charge < -0.3 is 9.84 Å². The lowest BCUT2D eigenvalue weighted by molar-refractivity contribution is -0.155. The van der Waals surface area contributed by atoms with Crippen molar-refractivity contribution in [2.24, 2.45) is 4.99 Å². The van der Waals surface area contributed by atoms with Crippen molar-refractivity contribution in [1.29, 1.82) is 0 Å². The van der Waals surface area contributed by atoms with E-state index in [1.807, 2.05) is 51.1 Å². The molecular weight excluding hydrogens is 462 g/mol. The highest BCUT2D eigenvalue weighted by Gasteiger charge is 2.41. The second-order valence-corrected chi connectivity index (χ2v) is 17.0. The third kappa shape index (κ3) is 7.83. The number of phenolic OH excluding ortho intramolecular Hbond substituents is 1. The quantitative estimate of drug-likeness (QED) is 0.172. The molecule has 0 aliphatic carbocycles. The first-order chi connectivity index (χ1) is 16.8. The van der Waals surface area contributed by atoms with E-state index in [1.54, 1.807) is 24.4 Å². The van der Waals surface area contributed by atoms with Gasteiger partial charge in [0.15, 0.2) is 0 Å². The number of aromatic hydroxyl groups is 1. The van der Waals surface area contributed by atoms with Crippen LogP contribution in [-0.2, 0) is 9.53 Å². The van der Waals surface area contributed by atoms with Gasteiger partial charge in [-0.25, -0.2) is 0 Å². The molecule has 2 aromatic carbocycles. The third-order valence-corrected chi connectivity index (χ3v) is 13.0. The number of aliphatic imine (C=N–C) groups is 1. The largest absolute Gasteiger partial charge is 0.507 e. The molecule has 2 aromatic rings. The summed E-state index contributed by atoms with van der Waals surface area (Å²) in [5, 5.41) is 10.1. The molecule has 0 radical (unpaired) electrons. The fourth-order valence-electron chi connectivity index (χ4n) is 4.97. The molecule has 2 rings (SSSR count). The molecule has 0 aromatic heterocycles.